The molecule has 8 nitrogen and oxygen atoms in total. The minimum Gasteiger partial charge on any atom is -0.481 e. The van der Waals surface area contributed by atoms with Crippen molar-refractivity contribution in [1.29, 1.82) is 0 Å². The molecule has 0 fully saturated rings. The summed E-state index contributed by atoms with van der Waals surface area (Å²) in [6, 6.07) is 0. The zero-order valence-electron chi connectivity index (χ0n) is 23.7. The number of carboxylic acid groups (broad SMARTS) is 4. The van der Waals surface area contributed by atoms with E-state index in [0.29, 0.717) is 12.8 Å². The number of carbonyl (C=O) groups is 4. The van der Waals surface area contributed by atoms with Gasteiger partial charge in [-0.25, -0.2) is 0 Å². The summed E-state index contributed by atoms with van der Waals surface area (Å²) in [6.45, 7) is 0. The second-order valence-electron chi connectivity index (χ2n) is 11.4. The molecule has 0 aromatic heterocycles. The molecule has 0 aliphatic heterocycles. The van der Waals surface area contributed by atoms with Crippen LogP contribution in [0.1, 0.15) is 135 Å². The first-order valence-electron chi connectivity index (χ1n) is 15.3. The van der Waals surface area contributed by atoms with Crippen molar-refractivity contribution in [2.24, 2.45) is 23.7 Å². The quantitative estimate of drug-likeness (QED) is 0.0544. The van der Waals surface area contributed by atoms with Crippen LogP contribution in [0.2, 0.25) is 0 Å². The van der Waals surface area contributed by atoms with Crippen molar-refractivity contribution in [1.82, 2.24) is 0 Å². The molecule has 39 heavy (non-hydrogen) atoms. The highest BCUT2D eigenvalue weighted by molar-refractivity contribution is 5.93. The third kappa shape index (κ3) is 16.4. The van der Waals surface area contributed by atoms with Crippen molar-refractivity contribution in [3.05, 3.63) is 12.2 Å². The molecular formula is C31H52O8. The Morgan fingerprint density at radius 1 is 0.513 bits per heavy atom. The lowest BCUT2D eigenvalue weighted by atomic mass is 9.80. The molecule has 1 aliphatic carbocycles. The largest absolute Gasteiger partial charge is 0.481 e. The minimum atomic E-state index is -1.27. The van der Waals surface area contributed by atoms with Gasteiger partial charge in [-0.2, -0.15) is 0 Å². The molecule has 224 valence electrons. The fourth-order valence-corrected chi connectivity index (χ4v) is 5.84. The summed E-state index contributed by atoms with van der Waals surface area (Å²) in [4.78, 5) is 43.7. The first-order valence-corrected chi connectivity index (χ1v) is 15.3. The van der Waals surface area contributed by atoms with Gasteiger partial charge in [0, 0.05) is 0 Å². The summed E-state index contributed by atoms with van der Waals surface area (Å²) in [7, 11) is 0. The van der Waals surface area contributed by atoms with Crippen LogP contribution in [0.3, 0.4) is 0 Å². The molecule has 0 aromatic rings. The standard InChI is InChI=1S/C31H52O8/c32-28(33)26(29(34)35)22-16-9-5-1-3-7-12-18-24-20-14-11-15-21-25(24)19-13-8-4-2-6-10-17-23-27(30(36)37)31(38)39/h11,14,24-27H,1-10,12-13,15-23H2,(H,32,33)(H,34,35)(H,36,37)(H,38,39). The summed E-state index contributed by atoms with van der Waals surface area (Å²) in [5.41, 5.74) is 0. The molecule has 0 heterocycles. The molecule has 0 amide bonds. The van der Waals surface area contributed by atoms with E-state index in [1.165, 1.54) is 70.6 Å². The van der Waals surface area contributed by atoms with Crippen molar-refractivity contribution < 1.29 is 39.6 Å². The molecule has 2 atom stereocenters. The summed E-state index contributed by atoms with van der Waals surface area (Å²) >= 11 is 0. The number of carboxylic acids is 4. The summed E-state index contributed by atoms with van der Waals surface area (Å²) in [5, 5.41) is 35.7. The van der Waals surface area contributed by atoms with Crippen molar-refractivity contribution in [2.45, 2.75) is 135 Å². The van der Waals surface area contributed by atoms with Gasteiger partial charge in [-0.1, -0.05) is 108 Å². The van der Waals surface area contributed by atoms with E-state index in [4.69, 9.17) is 20.4 Å². The topological polar surface area (TPSA) is 149 Å². The van der Waals surface area contributed by atoms with Gasteiger partial charge >= 0.3 is 23.9 Å². The maximum Gasteiger partial charge on any atom is 0.317 e. The van der Waals surface area contributed by atoms with E-state index >= 15 is 0 Å². The van der Waals surface area contributed by atoms with E-state index in [0.717, 1.165) is 50.4 Å². The van der Waals surface area contributed by atoms with Gasteiger partial charge in [-0.15, -0.1) is 0 Å². The molecular weight excluding hydrogens is 500 g/mol. The Morgan fingerprint density at radius 2 is 0.872 bits per heavy atom. The van der Waals surface area contributed by atoms with E-state index in [9.17, 15) is 19.2 Å². The fraction of sp³-hybridized carbons (Fsp3) is 0.806. The van der Waals surface area contributed by atoms with Crippen molar-refractivity contribution in [2.75, 3.05) is 0 Å². The minimum absolute atomic E-state index is 0.213. The number of unbranched alkanes of at least 4 members (excludes halogenated alkanes) is 12. The van der Waals surface area contributed by atoms with E-state index in [2.05, 4.69) is 12.2 Å². The van der Waals surface area contributed by atoms with E-state index in [-0.39, 0.29) is 12.8 Å². The third-order valence-electron chi connectivity index (χ3n) is 8.30. The Kier molecular flexibility index (Phi) is 19.0. The molecule has 0 aromatic carbocycles. The van der Waals surface area contributed by atoms with Crippen molar-refractivity contribution in [3.8, 4) is 0 Å². The van der Waals surface area contributed by atoms with Crippen LogP contribution in [0.4, 0.5) is 0 Å². The van der Waals surface area contributed by atoms with Crippen molar-refractivity contribution in [3.63, 3.8) is 0 Å². The van der Waals surface area contributed by atoms with Gasteiger partial charge < -0.3 is 20.4 Å². The molecule has 4 N–H and O–H groups in total. The predicted octanol–water partition coefficient (Wildman–Crippen LogP) is 7.55. The van der Waals surface area contributed by atoms with Gasteiger partial charge in [-0.3, -0.25) is 19.2 Å². The van der Waals surface area contributed by atoms with Crippen LogP contribution in [0.25, 0.3) is 0 Å². The lowest BCUT2D eigenvalue weighted by molar-refractivity contribution is -0.156. The fourth-order valence-electron chi connectivity index (χ4n) is 5.84. The molecule has 0 bridgehead atoms. The summed E-state index contributed by atoms with van der Waals surface area (Å²) in [6.07, 6.45) is 26.1. The lowest BCUT2D eigenvalue weighted by Crippen LogP contribution is -2.23. The summed E-state index contributed by atoms with van der Waals surface area (Å²) < 4.78 is 0. The normalized spacial score (nSPS) is 17.4. The summed E-state index contributed by atoms with van der Waals surface area (Å²) in [5.74, 6) is -5.95. The molecule has 0 saturated carbocycles. The van der Waals surface area contributed by atoms with Crippen LogP contribution in [0.15, 0.2) is 12.2 Å². The molecule has 0 radical (unpaired) electrons. The number of aliphatic carboxylic acids is 4. The number of allylic oxidation sites excluding steroid dienone is 2. The van der Waals surface area contributed by atoms with E-state index in [1.54, 1.807) is 0 Å². The van der Waals surface area contributed by atoms with Gasteiger partial charge in [-0.05, 0) is 50.4 Å². The first-order chi connectivity index (χ1) is 18.7. The zero-order valence-corrected chi connectivity index (χ0v) is 23.7. The van der Waals surface area contributed by atoms with Crippen LogP contribution < -0.4 is 0 Å². The van der Waals surface area contributed by atoms with Gasteiger partial charge in [0.1, 0.15) is 0 Å². The van der Waals surface area contributed by atoms with Gasteiger partial charge in [0.2, 0.25) is 0 Å². The van der Waals surface area contributed by atoms with Crippen LogP contribution in [0.5, 0.6) is 0 Å². The number of hydrogen-bond acceptors (Lipinski definition) is 4. The number of rotatable bonds is 24. The van der Waals surface area contributed by atoms with Gasteiger partial charge in [0.25, 0.3) is 0 Å². The van der Waals surface area contributed by atoms with E-state index < -0.39 is 35.7 Å². The zero-order chi connectivity index (χ0) is 28.9. The maximum absolute atomic E-state index is 10.9. The lowest BCUT2D eigenvalue weighted by Gasteiger charge is -2.25. The highest BCUT2D eigenvalue weighted by Crippen LogP contribution is 2.33. The number of hydrogen-bond donors (Lipinski definition) is 4. The van der Waals surface area contributed by atoms with Gasteiger partial charge in [0.05, 0.1) is 0 Å². The van der Waals surface area contributed by atoms with E-state index in [1.807, 2.05) is 0 Å². The molecule has 0 spiro atoms. The Hall–Kier alpha value is -2.38. The highest BCUT2D eigenvalue weighted by Gasteiger charge is 2.25. The van der Waals surface area contributed by atoms with Crippen LogP contribution >= 0.6 is 0 Å². The Balaban J connectivity index is 2.11. The maximum atomic E-state index is 10.9. The Morgan fingerprint density at radius 3 is 1.28 bits per heavy atom. The van der Waals surface area contributed by atoms with Crippen LogP contribution in [0, 0.1) is 23.7 Å². The van der Waals surface area contributed by atoms with Crippen LogP contribution in [-0.4, -0.2) is 44.3 Å². The smallest absolute Gasteiger partial charge is 0.317 e. The average Bonchev–Trinajstić information content (AvgIpc) is 3.10. The SMILES string of the molecule is O=C(O)C(CCCCCCCCCC1CC=CCCC1CCCCCCCCCC(C(=O)O)C(=O)O)C(=O)O. The molecule has 2 unspecified atom stereocenters. The molecule has 1 rings (SSSR count). The molecule has 0 saturated heterocycles. The predicted molar refractivity (Wildman–Crippen MR) is 151 cm³/mol. The average molecular weight is 553 g/mol. The van der Waals surface area contributed by atoms with Crippen molar-refractivity contribution >= 4 is 23.9 Å². The Bertz CT molecular complexity index is 719. The molecule has 1 aliphatic rings. The first kappa shape index (κ1) is 34.6. The second-order valence-corrected chi connectivity index (χ2v) is 11.4. The highest BCUT2D eigenvalue weighted by atomic mass is 16.4. The Labute approximate surface area is 234 Å². The van der Waals surface area contributed by atoms with Gasteiger partial charge in [0.15, 0.2) is 11.8 Å². The van der Waals surface area contributed by atoms with Crippen LogP contribution in [-0.2, 0) is 19.2 Å². The third-order valence-corrected chi connectivity index (χ3v) is 8.30. The molecule has 8 heteroatoms. The second kappa shape index (κ2) is 21.4. The monoisotopic (exact) mass is 552 g/mol.